The summed E-state index contributed by atoms with van der Waals surface area (Å²) in [5, 5.41) is 2.82. The van der Waals surface area contributed by atoms with Gasteiger partial charge in [0.15, 0.2) is 5.75 Å². The van der Waals surface area contributed by atoms with E-state index < -0.39 is 0 Å². The summed E-state index contributed by atoms with van der Waals surface area (Å²) >= 11 is 9.57. The van der Waals surface area contributed by atoms with Gasteiger partial charge in [0, 0.05) is 0 Å². The van der Waals surface area contributed by atoms with E-state index in [4.69, 9.17) is 21.1 Å². The highest BCUT2D eigenvalue weighted by Gasteiger charge is 2.07. The van der Waals surface area contributed by atoms with E-state index in [9.17, 15) is 0 Å². The zero-order valence-electron chi connectivity index (χ0n) is 11.3. The largest absolute Gasteiger partial charge is 0.488 e. The molecule has 0 spiro atoms. The number of hydrogen-bond acceptors (Lipinski definition) is 2. The molecule has 0 fully saturated rings. The minimum absolute atomic E-state index is 0.497. The molecule has 0 saturated heterocycles. The standard InChI is InChI=1S/C13H20BrClN2O2/c1-10-8-11(14)13(12(15)9-10)19-7-6-18-5-4-17-3-2-16/h8-9,17H,2-7,16H2,1H3/p+2. The summed E-state index contributed by atoms with van der Waals surface area (Å²) in [4.78, 5) is 0. The number of benzene rings is 1. The van der Waals surface area contributed by atoms with Gasteiger partial charge in [0.1, 0.15) is 19.7 Å². The van der Waals surface area contributed by atoms with Crippen LogP contribution in [-0.2, 0) is 4.74 Å². The molecule has 0 radical (unpaired) electrons. The number of quaternary nitrogens is 2. The topological polar surface area (TPSA) is 62.7 Å². The summed E-state index contributed by atoms with van der Waals surface area (Å²) < 4.78 is 12.0. The first-order valence-electron chi connectivity index (χ1n) is 6.42. The van der Waals surface area contributed by atoms with Crippen LogP contribution >= 0.6 is 27.5 Å². The predicted molar refractivity (Wildman–Crippen MR) is 79.6 cm³/mol. The van der Waals surface area contributed by atoms with Crippen molar-refractivity contribution in [3.8, 4) is 5.75 Å². The van der Waals surface area contributed by atoms with E-state index in [0.29, 0.717) is 24.0 Å². The van der Waals surface area contributed by atoms with Gasteiger partial charge >= 0.3 is 0 Å². The average molecular weight is 354 g/mol. The highest BCUT2D eigenvalue weighted by Crippen LogP contribution is 2.34. The fourth-order valence-corrected chi connectivity index (χ4v) is 2.72. The minimum Gasteiger partial charge on any atom is -0.488 e. The molecule has 19 heavy (non-hydrogen) atoms. The first kappa shape index (κ1) is 16.7. The summed E-state index contributed by atoms with van der Waals surface area (Å²) in [7, 11) is 0. The fraction of sp³-hybridized carbons (Fsp3) is 0.538. The lowest BCUT2D eigenvalue weighted by atomic mass is 10.2. The Morgan fingerprint density at radius 1 is 1.26 bits per heavy atom. The van der Waals surface area contributed by atoms with Gasteiger partial charge in [-0.2, -0.15) is 0 Å². The van der Waals surface area contributed by atoms with E-state index >= 15 is 0 Å². The van der Waals surface area contributed by atoms with Gasteiger partial charge in [0.25, 0.3) is 0 Å². The lowest BCUT2D eigenvalue weighted by Gasteiger charge is -2.11. The molecule has 0 bridgehead atoms. The van der Waals surface area contributed by atoms with Gasteiger partial charge in [-0.1, -0.05) is 11.6 Å². The second-order valence-electron chi connectivity index (χ2n) is 4.24. The Kier molecular flexibility index (Phi) is 8.41. The molecule has 1 aromatic carbocycles. The molecule has 6 heteroatoms. The maximum Gasteiger partial charge on any atom is 0.152 e. The first-order valence-corrected chi connectivity index (χ1v) is 7.59. The van der Waals surface area contributed by atoms with Gasteiger partial charge in [-0.25, -0.2) is 0 Å². The molecule has 0 unspecified atom stereocenters. The second kappa shape index (κ2) is 9.55. The van der Waals surface area contributed by atoms with E-state index in [1.807, 2.05) is 19.1 Å². The van der Waals surface area contributed by atoms with Gasteiger partial charge in [-0.05, 0) is 40.5 Å². The highest BCUT2D eigenvalue weighted by molar-refractivity contribution is 9.10. The van der Waals surface area contributed by atoms with Crippen molar-refractivity contribution >= 4 is 27.5 Å². The molecule has 0 aliphatic rings. The monoisotopic (exact) mass is 352 g/mol. The average Bonchev–Trinajstić information content (AvgIpc) is 2.35. The quantitative estimate of drug-likeness (QED) is 0.639. The summed E-state index contributed by atoms with van der Waals surface area (Å²) in [6, 6.07) is 3.87. The van der Waals surface area contributed by atoms with Gasteiger partial charge in [0.2, 0.25) is 0 Å². The predicted octanol–water partition coefficient (Wildman–Crippen LogP) is 0.612. The molecule has 1 rings (SSSR count). The van der Waals surface area contributed by atoms with Crippen molar-refractivity contribution in [2.75, 3.05) is 39.5 Å². The van der Waals surface area contributed by atoms with E-state index in [1.165, 1.54) is 0 Å². The Labute approximate surface area is 127 Å². The van der Waals surface area contributed by atoms with Crippen molar-refractivity contribution in [1.29, 1.82) is 0 Å². The fourth-order valence-electron chi connectivity index (χ4n) is 1.58. The zero-order chi connectivity index (χ0) is 14.1. The Morgan fingerprint density at radius 2 is 2.05 bits per heavy atom. The van der Waals surface area contributed by atoms with Crippen molar-refractivity contribution in [2.24, 2.45) is 0 Å². The molecule has 5 N–H and O–H groups in total. The highest BCUT2D eigenvalue weighted by atomic mass is 79.9. The van der Waals surface area contributed by atoms with Crippen LogP contribution in [-0.4, -0.2) is 39.5 Å². The molecule has 0 aliphatic heterocycles. The van der Waals surface area contributed by atoms with Crippen molar-refractivity contribution in [3.63, 3.8) is 0 Å². The molecule has 4 nitrogen and oxygen atoms in total. The van der Waals surface area contributed by atoms with Crippen LogP contribution in [0.4, 0.5) is 0 Å². The SMILES string of the molecule is Cc1cc(Cl)c(OCCOCC[NH2+]CC[NH3+])c(Br)c1. The summed E-state index contributed by atoms with van der Waals surface area (Å²) in [6.07, 6.45) is 0. The number of nitrogens with two attached hydrogens (primary N) is 1. The lowest BCUT2D eigenvalue weighted by Crippen LogP contribution is -2.88. The van der Waals surface area contributed by atoms with Gasteiger partial charge in [0.05, 0.1) is 29.3 Å². The Morgan fingerprint density at radius 3 is 2.74 bits per heavy atom. The Hall–Kier alpha value is -0.330. The van der Waals surface area contributed by atoms with Crippen LogP contribution in [0.25, 0.3) is 0 Å². The van der Waals surface area contributed by atoms with Gasteiger partial charge < -0.3 is 20.5 Å². The number of rotatable bonds is 9. The van der Waals surface area contributed by atoms with Crippen LogP contribution in [0, 0.1) is 6.92 Å². The van der Waals surface area contributed by atoms with Crippen molar-refractivity contribution in [2.45, 2.75) is 6.92 Å². The van der Waals surface area contributed by atoms with Crippen molar-refractivity contribution < 1.29 is 20.5 Å². The number of halogens is 2. The van der Waals surface area contributed by atoms with Gasteiger partial charge in [-0.15, -0.1) is 0 Å². The minimum atomic E-state index is 0.497. The van der Waals surface area contributed by atoms with E-state index in [1.54, 1.807) is 0 Å². The van der Waals surface area contributed by atoms with Crippen LogP contribution in [0.2, 0.25) is 5.02 Å². The third-order valence-corrected chi connectivity index (χ3v) is 3.36. The second-order valence-corrected chi connectivity index (χ2v) is 5.50. The molecule has 0 atom stereocenters. The maximum atomic E-state index is 6.13. The normalized spacial score (nSPS) is 10.7. The van der Waals surface area contributed by atoms with Crippen LogP contribution < -0.4 is 15.8 Å². The third kappa shape index (κ3) is 6.58. The lowest BCUT2D eigenvalue weighted by molar-refractivity contribution is -0.671. The molecular weight excluding hydrogens is 332 g/mol. The van der Waals surface area contributed by atoms with E-state index in [-0.39, 0.29) is 0 Å². The molecule has 0 aliphatic carbocycles. The van der Waals surface area contributed by atoms with Crippen molar-refractivity contribution in [3.05, 3.63) is 27.2 Å². The number of hydrogen-bond donors (Lipinski definition) is 2. The summed E-state index contributed by atoms with van der Waals surface area (Å²) in [6.45, 7) is 6.74. The number of aryl methyl sites for hydroxylation is 1. The van der Waals surface area contributed by atoms with E-state index in [0.717, 1.165) is 36.3 Å². The number of ether oxygens (including phenoxy) is 2. The van der Waals surface area contributed by atoms with Crippen molar-refractivity contribution in [1.82, 2.24) is 0 Å². The Balaban J connectivity index is 2.19. The molecular formula is C13H22BrClN2O2+2. The molecule has 0 heterocycles. The Bertz CT molecular complexity index is 368. The smallest absolute Gasteiger partial charge is 0.152 e. The molecule has 0 aromatic heterocycles. The van der Waals surface area contributed by atoms with Crippen LogP contribution in [0.3, 0.4) is 0 Å². The first-order chi connectivity index (χ1) is 9.15. The van der Waals surface area contributed by atoms with E-state index in [2.05, 4.69) is 27.0 Å². The molecule has 0 saturated carbocycles. The third-order valence-electron chi connectivity index (χ3n) is 2.49. The van der Waals surface area contributed by atoms with Crippen LogP contribution in [0.15, 0.2) is 16.6 Å². The molecule has 108 valence electrons. The molecule has 0 amide bonds. The van der Waals surface area contributed by atoms with Crippen LogP contribution in [0.5, 0.6) is 5.75 Å². The molecule has 1 aromatic rings. The zero-order valence-corrected chi connectivity index (χ0v) is 13.6. The van der Waals surface area contributed by atoms with Gasteiger partial charge in [-0.3, -0.25) is 0 Å². The summed E-state index contributed by atoms with van der Waals surface area (Å²) in [5.74, 6) is 0.680. The summed E-state index contributed by atoms with van der Waals surface area (Å²) in [5.41, 5.74) is 4.88. The maximum absolute atomic E-state index is 6.13. The van der Waals surface area contributed by atoms with Crippen LogP contribution in [0.1, 0.15) is 5.56 Å².